The van der Waals surface area contributed by atoms with Crippen LogP contribution < -0.4 is 25.8 Å². The molecule has 0 atom stereocenters. The fourth-order valence-electron chi connectivity index (χ4n) is 2.31. The van der Waals surface area contributed by atoms with E-state index in [1.807, 2.05) is 0 Å². The highest BCUT2D eigenvalue weighted by molar-refractivity contribution is 5.97. The smallest absolute Gasteiger partial charge is 0.395 e. The van der Waals surface area contributed by atoms with Crippen molar-refractivity contribution in [3.63, 3.8) is 0 Å². The van der Waals surface area contributed by atoms with Crippen LogP contribution in [0, 0.1) is 0 Å². The largest absolute Gasteiger partial charge is 0.586 e. The number of rotatable bonds is 5. The van der Waals surface area contributed by atoms with Crippen molar-refractivity contribution in [1.29, 1.82) is 0 Å². The van der Waals surface area contributed by atoms with Crippen LogP contribution in [0.4, 0.5) is 26.2 Å². The number of alkyl halides is 2. The fourth-order valence-corrected chi connectivity index (χ4v) is 2.31. The maximum atomic E-state index is 13.1. The molecule has 2 heterocycles. The van der Waals surface area contributed by atoms with E-state index in [9.17, 15) is 13.6 Å². The fraction of sp³-hybridized carbons (Fsp3) is 0.267. The number of hydrogen-bond donors (Lipinski definition) is 3. The van der Waals surface area contributed by atoms with E-state index in [0.29, 0.717) is 11.5 Å². The molecule has 1 aliphatic heterocycles. The first-order valence-electron chi connectivity index (χ1n) is 7.50. The molecule has 0 unspecified atom stereocenters. The second-order valence-electron chi connectivity index (χ2n) is 5.69. The Balaban J connectivity index is 1.58. The lowest BCUT2D eigenvalue weighted by molar-refractivity contribution is -0.286. The van der Waals surface area contributed by atoms with Crippen molar-refractivity contribution in [2.75, 3.05) is 10.6 Å². The van der Waals surface area contributed by atoms with Gasteiger partial charge in [-0.1, -0.05) is 0 Å². The van der Waals surface area contributed by atoms with Crippen molar-refractivity contribution in [3.8, 4) is 11.5 Å². The van der Waals surface area contributed by atoms with Gasteiger partial charge in [0.1, 0.15) is 5.82 Å². The molecule has 25 heavy (non-hydrogen) atoms. The van der Waals surface area contributed by atoms with Crippen LogP contribution in [0.15, 0.2) is 24.4 Å². The molecule has 0 saturated heterocycles. The highest BCUT2D eigenvalue weighted by Gasteiger charge is 2.43. The minimum atomic E-state index is -3.68. The molecule has 2 aromatic rings. The Morgan fingerprint density at radius 3 is 2.76 bits per heavy atom. The van der Waals surface area contributed by atoms with Gasteiger partial charge in [0, 0.05) is 24.0 Å². The predicted molar refractivity (Wildman–Crippen MR) is 83.1 cm³/mol. The lowest BCUT2D eigenvalue weighted by Gasteiger charge is -2.11. The van der Waals surface area contributed by atoms with Gasteiger partial charge in [-0.05, 0) is 25.0 Å². The zero-order valence-electron chi connectivity index (χ0n) is 12.8. The predicted octanol–water partition coefficient (Wildman–Crippen LogP) is 2.21. The molecule has 10 heteroatoms. The number of ether oxygens (including phenoxy) is 2. The van der Waals surface area contributed by atoms with Crippen LogP contribution in [0.2, 0.25) is 0 Å². The number of carbonyl (C=O) groups excluding carboxylic acids is 1. The second kappa shape index (κ2) is 5.43. The van der Waals surface area contributed by atoms with E-state index >= 15 is 0 Å². The van der Waals surface area contributed by atoms with Crippen molar-refractivity contribution in [1.82, 2.24) is 9.97 Å². The second-order valence-corrected chi connectivity index (χ2v) is 5.69. The Bertz CT molecular complexity index is 857. The average molecular weight is 349 g/mol. The minimum Gasteiger partial charge on any atom is -0.395 e. The molecule has 130 valence electrons. The summed E-state index contributed by atoms with van der Waals surface area (Å²) in [5.41, 5.74) is 5.92. The summed E-state index contributed by atoms with van der Waals surface area (Å²) in [5, 5.41) is 5.97. The van der Waals surface area contributed by atoms with Gasteiger partial charge in [0.05, 0.1) is 5.56 Å². The molecule has 1 aliphatic carbocycles. The van der Waals surface area contributed by atoms with E-state index in [-0.39, 0.29) is 29.1 Å². The van der Waals surface area contributed by atoms with Gasteiger partial charge >= 0.3 is 6.29 Å². The first-order chi connectivity index (χ1) is 11.9. The SMILES string of the molecule is NC(=O)c1cnc(Nc2ccc3c(c2)OC(F)(F)O3)nc1NC1CC1. The van der Waals surface area contributed by atoms with Crippen LogP contribution in [-0.2, 0) is 0 Å². The number of hydrogen-bond acceptors (Lipinski definition) is 7. The van der Waals surface area contributed by atoms with Crippen LogP contribution in [0.1, 0.15) is 23.2 Å². The molecular formula is C15H13F2N5O3. The van der Waals surface area contributed by atoms with Crippen molar-refractivity contribution < 1.29 is 23.0 Å². The molecule has 1 aromatic heterocycles. The summed E-state index contributed by atoms with van der Waals surface area (Å²) in [6.45, 7) is 0. The number of anilines is 3. The quantitative estimate of drug-likeness (QED) is 0.759. The zero-order chi connectivity index (χ0) is 17.6. The summed E-state index contributed by atoms with van der Waals surface area (Å²) in [4.78, 5) is 19.7. The topological polar surface area (TPSA) is 111 Å². The number of primary amides is 1. The van der Waals surface area contributed by atoms with Gasteiger partial charge in [0.25, 0.3) is 5.91 Å². The van der Waals surface area contributed by atoms with Crippen molar-refractivity contribution in [3.05, 3.63) is 30.0 Å². The van der Waals surface area contributed by atoms with E-state index in [0.717, 1.165) is 12.8 Å². The lowest BCUT2D eigenvalue weighted by atomic mass is 10.2. The van der Waals surface area contributed by atoms with Gasteiger partial charge < -0.3 is 25.8 Å². The lowest BCUT2D eigenvalue weighted by Crippen LogP contribution is -2.25. The molecule has 4 N–H and O–H groups in total. The Morgan fingerprint density at radius 1 is 1.28 bits per heavy atom. The number of nitrogens with two attached hydrogens (primary N) is 1. The molecule has 4 rings (SSSR count). The summed E-state index contributed by atoms with van der Waals surface area (Å²) < 4.78 is 34.8. The molecule has 1 saturated carbocycles. The monoisotopic (exact) mass is 349 g/mol. The van der Waals surface area contributed by atoms with E-state index in [1.165, 1.54) is 24.4 Å². The van der Waals surface area contributed by atoms with Crippen molar-refractivity contribution in [2.45, 2.75) is 25.2 Å². The van der Waals surface area contributed by atoms with Gasteiger partial charge in [-0.3, -0.25) is 4.79 Å². The molecule has 1 aromatic carbocycles. The highest BCUT2D eigenvalue weighted by Crippen LogP contribution is 2.42. The van der Waals surface area contributed by atoms with Crippen LogP contribution in [-0.4, -0.2) is 28.2 Å². The van der Waals surface area contributed by atoms with Gasteiger partial charge in [-0.2, -0.15) is 4.98 Å². The minimum absolute atomic E-state index is 0.0587. The van der Waals surface area contributed by atoms with Gasteiger partial charge in [-0.15, -0.1) is 8.78 Å². The van der Waals surface area contributed by atoms with E-state index in [1.54, 1.807) is 0 Å². The van der Waals surface area contributed by atoms with Crippen molar-refractivity contribution in [2.24, 2.45) is 5.73 Å². The summed E-state index contributed by atoms with van der Waals surface area (Å²) in [6, 6.07) is 4.46. The average Bonchev–Trinajstić information content (AvgIpc) is 3.27. The number of aromatic nitrogens is 2. The first-order valence-corrected chi connectivity index (χ1v) is 7.50. The highest BCUT2D eigenvalue weighted by atomic mass is 19.3. The summed E-state index contributed by atoms with van der Waals surface area (Å²) in [7, 11) is 0. The third-order valence-electron chi connectivity index (χ3n) is 3.63. The molecule has 8 nitrogen and oxygen atoms in total. The molecule has 1 amide bonds. The number of nitrogens with zero attached hydrogens (tertiary/aromatic N) is 2. The third-order valence-corrected chi connectivity index (χ3v) is 3.63. The molecule has 2 aliphatic rings. The number of benzene rings is 1. The summed E-state index contributed by atoms with van der Waals surface area (Å²) in [5.74, 6) is -0.282. The van der Waals surface area contributed by atoms with E-state index in [4.69, 9.17) is 5.73 Å². The number of nitrogens with one attached hydrogen (secondary N) is 2. The van der Waals surface area contributed by atoms with Crippen LogP contribution in [0.5, 0.6) is 11.5 Å². The number of fused-ring (bicyclic) bond motifs is 1. The molecule has 0 spiro atoms. The Kier molecular flexibility index (Phi) is 3.34. The maximum absolute atomic E-state index is 13.1. The van der Waals surface area contributed by atoms with Crippen LogP contribution in [0.3, 0.4) is 0 Å². The first kappa shape index (κ1) is 15.4. The Labute approximate surface area is 140 Å². The Morgan fingerprint density at radius 2 is 2.04 bits per heavy atom. The van der Waals surface area contributed by atoms with Gasteiger partial charge in [0.2, 0.25) is 5.95 Å². The maximum Gasteiger partial charge on any atom is 0.586 e. The molecule has 0 bridgehead atoms. The molecule has 0 radical (unpaired) electrons. The standard InChI is InChI=1S/C15H13F2N5O3/c16-15(17)24-10-4-3-8(5-11(10)25-15)21-14-19-6-9(12(18)23)13(22-14)20-7-1-2-7/h3-7H,1-2H2,(H2,18,23)(H2,19,20,21,22). The molecule has 1 fully saturated rings. The summed E-state index contributed by atoms with van der Waals surface area (Å²) >= 11 is 0. The Hall–Kier alpha value is -3.17. The zero-order valence-corrected chi connectivity index (χ0v) is 12.8. The van der Waals surface area contributed by atoms with E-state index in [2.05, 4.69) is 30.1 Å². The van der Waals surface area contributed by atoms with E-state index < -0.39 is 12.2 Å². The molecular weight excluding hydrogens is 336 g/mol. The van der Waals surface area contributed by atoms with Gasteiger partial charge in [-0.25, -0.2) is 4.98 Å². The summed E-state index contributed by atoms with van der Waals surface area (Å²) in [6.07, 6.45) is -0.395. The number of halogens is 2. The van der Waals surface area contributed by atoms with Crippen LogP contribution >= 0.6 is 0 Å². The van der Waals surface area contributed by atoms with Crippen molar-refractivity contribution >= 4 is 23.4 Å². The van der Waals surface area contributed by atoms with Gasteiger partial charge in [0.15, 0.2) is 11.5 Å². The number of carbonyl (C=O) groups is 1. The third kappa shape index (κ3) is 3.23. The number of amides is 1. The van der Waals surface area contributed by atoms with Crippen LogP contribution in [0.25, 0.3) is 0 Å². The normalized spacial score (nSPS) is 17.2.